The fourth-order valence-electron chi connectivity index (χ4n) is 2.16. The predicted octanol–water partition coefficient (Wildman–Crippen LogP) is 2.55. The third-order valence-corrected chi connectivity index (χ3v) is 4.69. The van der Waals surface area contributed by atoms with Gasteiger partial charge < -0.3 is 0 Å². The molecule has 0 bridgehead atoms. The number of aromatic nitrogens is 4. The molecule has 21 heavy (non-hydrogen) atoms. The number of nitrogens with zero attached hydrogens (tertiary/aromatic N) is 5. The monoisotopic (exact) mass is 308 g/mol. The molecule has 116 valence electrons. The first-order valence-corrected chi connectivity index (χ1v) is 8.74. The van der Waals surface area contributed by atoms with Crippen LogP contribution in [0.15, 0.2) is 5.16 Å². The second-order valence-electron chi connectivity index (χ2n) is 5.81. The van der Waals surface area contributed by atoms with Gasteiger partial charge in [0.25, 0.3) is 0 Å². The molecule has 0 amide bonds. The number of unbranched alkanes of at least 4 members (excludes halogenated alkanes) is 1. The number of hydrogen-bond acceptors (Lipinski definition) is 6. The van der Waals surface area contributed by atoms with Gasteiger partial charge in [0.05, 0.1) is 12.1 Å². The number of thioether (sulfide) groups is 1. The van der Waals surface area contributed by atoms with Crippen LogP contribution in [0.3, 0.4) is 0 Å². The van der Waals surface area contributed by atoms with Gasteiger partial charge in [-0.1, -0.05) is 18.7 Å². The Kier molecular flexibility index (Phi) is 6.00. The summed E-state index contributed by atoms with van der Waals surface area (Å²) in [5, 5.41) is 25.4. The second kappa shape index (κ2) is 7.76. The van der Waals surface area contributed by atoms with Crippen molar-refractivity contribution in [1.29, 1.82) is 5.26 Å². The highest BCUT2D eigenvalue weighted by Crippen LogP contribution is 2.36. The highest BCUT2D eigenvalue weighted by Gasteiger charge is 2.27. The van der Waals surface area contributed by atoms with E-state index in [9.17, 15) is 5.26 Å². The second-order valence-corrected chi connectivity index (χ2v) is 6.88. The van der Waals surface area contributed by atoms with Crippen LogP contribution in [0.1, 0.15) is 58.4 Å². The number of rotatable bonds is 10. The Morgan fingerprint density at radius 2 is 2.29 bits per heavy atom. The standard InChI is InChI=1S/C14H24N6S/c1-3-9-16-14(2,11-15)8-4-5-10-21-13-17-18-19-20(13)12-6-7-12/h12,16H,3-10H2,1-2H3. The number of hydrogen-bond donors (Lipinski definition) is 1. The minimum Gasteiger partial charge on any atom is -0.300 e. The molecule has 1 saturated carbocycles. The van der Waals surface area contributed by atoms with Gasteiger partial charge in [0, 0.05) is 5.75 Å². The van der Waals surface area contributed by atoms with Crippen molar-refractivity contribution in [3.05, 3.63) is 0 Å². The van der Waals surface area contributed by atoms with E-state index in [0.717, 1.165) is 43.1 Å². The largest absolute Gasteiger partial charge is 0.300 e. The molecule has 1 aromatic heterocycles. The first-order valence-electron chi connectivity index (χ1n) is 7.75. The Bertz CT molecular complexity index is 478. The van der Waals surface area contributed by atoms with Gasteiger partial charge >= 0.3 is 0 Å². The number of nitrogens with one attached hydrogen (secondary N) is 1. The van der Waals surface area contributed by atoms with Crippen molar-refractivity contribution in [3.8, 4) is 6.07 Å². The molecule has 0 aliphatic heterocycles. The van der Waals surface area contributed by atoms with Crippen LogP contribution in [0.5, 0.6) is 0 Å². The molecule has 0 radical (unpaired) electrons. The van der Waals surface area contributed by atoms with Gasteiger partial charge in [-0.15, -0.1) is 5.10 Å². The Morgan fingerprint density at radius 3 is 2.95 bits per heavy atom. The van der Waals surface area contributed by atoms with Crippen molar-refractivity contribution in [2.75, 3.05) is 12.3 Å². The lowest BCUT2D eigenvalue weighted by atomic mass is 9.96. The molecule has 7 heteroatoms. The molecule has 1 aromatic rings. The Balaban J connectivity index is 1.65. The Hall–Kier alpha value is -1.13. The van der Waals surface area contributed by atoms with E-state index >= 15 is 0 Å². The minimum atomic E-state index is -0.393. The van der Waals surface area contributed by atoms with E-state index < -0.39 is 5.54 Å². The Morgan fingerprint density at radius 1 is 1.48 bits per heavy atom. The smallest absolute Gasteiger partial charge is 0.209 e. The lowest BCUT2D eigenvalue weighted by molar-refractivity contribution is 0.406. The number of tetrazole rings is 1. The van der Waals surface area contributed by atoms with E-state index in [1.807, 2.05) is 11.6 Å². The molecule has 1 aliphatic rings. The quantitative estimate of drug-likeness (QED) is 0.528. The average Bonchev–Trinajstić information content (AvgIpc) is 3.24. The summed E-state index contributed by atoms with van der Waals surface area (Å²) in [4.78, 5) is 0. The molecule has 2 rings (SSSR count). The van der Waals surface area contributed by atoms with Crippen LogP contribution in [0.4, 0.5) is 0 Å². The summed E-state index contributed by atoms with van der Waals surface area (Å²) in [5.74, 6) is 1.00. The summed E-state index contributed by atoms with van der Waals surface area (Å²) >= 11 is 1.72. The van der Waals surface area contributed by atoms with E-state index in [1.165, 1.54) is 12.8 Å². The zero-order chi connectivity index (χ0) is 15.1. The van der Waals surface area contributed by atoms with Crippen LogP contribution < -0.4 is 5.32 Å². The van der Waals surface area contributed by atoms with Crippen molar-refractivity contribution >= 4 is 11.8 Å². The van der Waals surface area contributed by atoms with Crippen LogP contribution >= 0.6 is 11.8 Å². The van der Waals surface area contributed by atoms with Gasteiger partial charge in [0.2, 0.25) is 5.16 Å². The molecule has 1 heterocycles. The van der Waals surface area contributed by atoms with E-state index in [0.29, 0.717) is 6.04 Å². The van der Waals surface area contributed by atoms with Gasteiger partial charge in [-0.25, -0.2) is 4.68 Å². The molecule has 1 fully saturated rings. The fourth-order valence-corrected chi connectivity index (χ4v) is 3.10. The lowest BCUT2D eigenvalue weighted by Gasteiger charge is -2.22. The number of nitriles is 1. The molecule has 1 N–H and O–H groups in total. The van der Waals surface area contributed by atoms with Crippen LogP contribution in [0.2, 0.25) is 0 Å². The van der Waals surface area contributed by atoms with E-state index in [2.05, 4.69) is 33.8 Å². The average molecular weight is 308 g/mol. The molecule has 1 unspecified atom stereocenters. The molecule has 0 spiro atoms. The normalized spacial score (nSPS) is 17.4. The van der Waals surface area contributed by atoms with Crippen molar-refractivity contribution in [3.63, 3.8) is 0 Å². The Labute approximate surface area is 130 Å². The maximum atomic E-state index is 9.28. The third kappa shape index (κ3) is 4.97. The zero-order valence-corrected chi connectivity index (χ0v) is 13.7. The van der Waals surface area contributed by atoms with Crippen LogP contribution in [-0.2, 0) is 0 Å². The highest BCUT2D eigenvalue weighted by molar-refractivity contribution is 7.99. The van der Waals surface area contributed by atoms with Crippen molar-refractivity contribution in [2.45, 2.75) is 69.1 Å². The highest BCUT2D eigenvalue weighted by atomic mass is 32.2. The fraction of sp³-hybridized carbons (Fsp3) is 0.857. The lowest BCUT2D eigenvalue weighted by Crippen LogP contribution is -2.41. The SMILES string of the molecule is CCCNC(C)(C#N)CCCCSc1nnnn1C1CC1. The van der Waals surface area contributed by atoms with Crippen molar-refractivity contribution < 1.29 is 0 Å². The van der Waals surface area contributed by atoms with Gasteiger partial charge in [0.15, 0.2) is 0 Å². The first-order chi connectivity index (χ1) is 10.2. The summed E-state index contributed by atoms with van der Waals surface area (Å²) in [6, 6.07) is 2.93. The van der Waals surface area contributed by atoms with Gasteiger partial charge in [-0.05, 0) is 62.4 Å². The van der Waals surface area contributed by atoms with Crippen molar-refractivity contribution in [1.82, 2.24) is 25.5 Å². The van der Waals surface area contributed by atoms with E-state index in [4.69, 9.17) is 0 Å². The summed E-state index contributed by atoms with van der Waals surface area (Å²) in [7, 11) is 0. The zero-order valence-electron chi connectivity index (χ0n) is 12.9. The molecular formula is C14H24N6S. The molecule has 1 atom stereocenters. The van der Waals surface area contributed by atoms with Crippen LogP contribution in [-0.4, -0.2) is 38.0 Å². The summed E-state index contributed by atoms with van der Waals surface area (Å²) in [5.41, 5.74) is -0.393. The molecular weight excluding hydrogens is 284 g/mol. The van der Waals surface area contributed by atoms with Crippen molar-refractivity contribution in [2.24, 2.45) is 0 Å². The molecule has 0 saturated heterocycles. The van der Waals surface area contributed by atoms with Gasteiger partial charge in [0.1, 0.15) is 5.54 Å². The third-order valence-electron chi connectivity index (χ3n) is 3.67. The summed E-state index contributed by atoms with van der Waals surface area (Å²) < 4.78 is 1.95. The van der Waals surface area contributed by atoms with E-state index in [1.54, 1.807) is 11.8 Å². The van der Waals surface area contributed by atoms with Crippen LogP contribution in [0, 0.1) is 11.3 Å². The summed E-state index contributed by atoms with van der Waals surface area (Å²) in [6.07, 6.45) is 6.45. The predicted molar refractivity (Wildman–Crippen MR) is 83.0 cm³/mol. The van der Waals surface area contributed by atoms with E-state index in [-0.39, 0.29) is 0 Å². The molecule has 1 aliphatic carbocycles. The molecule has 6 nitrogen and oxygen atoms in total. The maximum Gasteiger partial charge on any atom is 0.209 e. The summed E-state index contributed by atoms with van der Waals surface area (Å²) in [6.45, 7) is 5.00. The topological polar surface area (TPSA) is 79.4 Å². The molecule has 0 aromatic carbocycles. The first kappa shape index (κ1) is 16.2. The van der Waals surface area contributed by atoms with Gasteiger partial charge in [-0.3, -0.25) is 5.32 Å². The minimum absolute atomic E-state index is 0.393. The van der Waals surface area contributed by atoms with Crippen LogP contribution in [0.25, 0.3) is 0 Å². The van der Waals surface area contributed by atoms with Gasteiger partial charge in [-0.2, -0.15) is 5.26 Å². The maximum absolute atomic E-state index is 9.28.